The van der Waals surface area contributed by atoms with Crippen LogP contribution in [0.25, 0.3) is 68.6 Å². The topological polar surface area (TPSA) is 60.8 Å². The molecule has 0 saturated heterocycles. The van der Waals surface area contributed by atoms with E-state index in [1.165, 1.54) is 27.8 Å². The summed E-state index contributed by atoms with van der Waals surface area (Å²) >= 11 is 0. The number of benzene rings is 7. The number of para-hydroxylation sites is 1. The maximum Gasteiger partial charge on any atom is 0.164 e. The number of rotatable bonds is 4. The van der Waals surface area contributed by atoms with Gasteiger partial charge in [-0.2, -0.15) is 0 Å². The molecule has 288 valence electrons. The molecule has 12 rings (SSSR count). The summed E-state index contributed by atoms with van der Waals surface area (Å²) in [6, 6.07) is 60.2. The maximum atomic E-state index is 7.02. The predicted molar refractivity (Wildman–Crippen MR) is 244 cm³/mol. The van der Waals surface area contributed by atoms with Gasteiger partial charge in [-0.1, -0.05) is 166 Å². The van der Waals surface area contributed by atoms with Crippen LogP contribution in [0.3, 0.4) is 0 Å². The monoisotopic (exact) mass is 782 g/mol. The van der Waals surface area contributed by atoms with E-state index < -0.39 is 5.41 Å². The molecular weight excluding hydrogens is 745 g/mol. The van der Waals surface area contributed by atoms with Gasteiger partial charge >= 0.3 is 0 Å². The van der Waals surface area contributed by atoms with Crippen molar-refractivity contribution in [3.8, 4) is 67.9 Å². The van der Waals surface area contributed by atoms with Gasteiger partial charge in [-0.3, -0.25) is 4.98 Å². The van der Waals surface area contributed by atoms with Crippen LogP contribution in [0.4, 0.5) is 0 Å². The highest BCUT2D eigenvalue weighted by Crippen LogP contribution is 2.61. The number of fused-ring (bicyclic) bond motifs is 11. The zero-order chi connectivity index (χ0) is 40.7. The van der Waals surface area contributed by atoms with Gasteiger partial charge in [0.1, 0.15) is 11.5 Å². The molecule has 3 aliphatic rings. The molecule has 1 spiro atoms. The van der Waals surface area contributed by atoms with Gasteiger partial charge < -0.3 is 4.74 Å². The molecule has 0 bridgehead atoms. The highest BCUT2D eigenvalue weighted by atomic mass is 16.5. The molecular formula is C56H38N4O. The fourth-order valence-corrected chi connectivity index (χ4v) is 9.98. The Hall–Kier alpha value is -7.76. The number of hydrogen-bond acceptors (Lipinski definition) is 5. The second kappa shape index (κ2) is 13.4. The van der Waals surface area contributed by atoms with E-state index >= 15 is 0 Å². The van der Waals surface area contributed by atoms with Gasteiger partial charge in [-0.25, -0.2) is 15.0 Å². The Morgan fingerprint density at radius 3 is 1.77 bits per heavy atom. The maximum absolute atomic E-state index is 7.02. The smallest absolute Gasteiger partial charge is 0.164 e. The fraction of sp³-hybridized carbons (Fsp3) is 0.0714. The quantitative estimate of drug-likeness (QED) is 0.178. The third-order valence-corrected chi connectivity index (χ3v) is 12.9. The van der Waals surface area contributed by atoms with Crippen LogP contribution in [0, 0.1) is 0 Å². The Kier molecular flexibility index (Phi) is 7.72. The van der Waals surface area contributed by atoms with Crippen LogP contribution in [-0.4, -0.2) is 19.9 Å². The van der Waals surface area contributed by atoms with Gasteiger partial charge in [0.05, 0.1) is 5.41 Å². The number of hydrogen-bond donors (Lipinski definition) is 0. The summed E-state index contributed by atoms with van der Waals surface area (Å²) in [6.45, 7) is 4.65. The molecule has 0 saturated carbocycles. The molecule has 1 unspecified atom stereocenters. The molecule has 0 amide bonds. The summed E-state index contributed by atoms with van der Waals surface area (Å²) in [7, 11) is 0. The minimum Gasteiger partial charge on any atom is -0.457 e. The molecule has 0 radical (unpaired) electrons. The van der Waals surface area contributed by atoms with E-state index in [-0.39, 0.29) is 5.41 Å². The van der Waals surface area contributed by atoms with Crippen LogP contribution in [-0.2, 0) is 10.8 Å². The van der Waals surface area contributed by atoms with Gasteiger partial charge in [-0.05, 0) is 86.0 Å². The second-order valence-electron chi connectivity index (χ2n) is 16.6. The van der Waals surface area contributed by atoms with Crippen molar-refractivity contribution < 1.29 is 4.74 Å². The molecule has 3 heterocycles. The Balaban J connectivity index is 1.12. The minimum absolute atomic E-state index is 0.186. The second-order valence-corrected chi connectivity index (χ2v) is 16.6. The lowest BCUT2D eigenvalue weighted by Gasteiger charge is -2.43. The van der Waals surface area contributed by atoms with E-state index in [1.54, 1.807) is 6.20 Å². The first-order chi connectivity index (χ1) is 30.0. The normalized spacial score (nSPS) is 16.0. The highest BCUT2D eigenvalue weighted by Gasteiger charge is 2.49. The zero-order valence-corrected chi connectivity index (χ0v) is 33.7. The molecule has 5 heteroatoms. The van der Waals surface area contributed by atoms with E-state index in [9.17, 15) is 0 Å². The summed E-state index contributed by atoms with van der Waals surface area (Å²) in [5.74, 6) is 3.54. The first kappa shape index (κ1) is 35.2. The molecule has 1 aliphatic heterocycles. The largest absolute Gasteiger partial charge is 0.457 e. The van der Waals surface area contributed by atoms with E-state index in [1.807, 2.05) is 30.5 Å². The number of ether oxygens (including phenoxy) is 1. The lowest BCUT2D eigenvalue weighted by Crippen LogP contribution is -2.35. The van der Waals surface area contributed by atoms with Crippen molar-refractivity contribution in [2.24, 2.45) is 0 Å². The highest BCUT2D eigenvalue weighted by molar-refractivity contribution is 5.89. The molecule has 0 fully saturated rings. The van der Waals surface area contributed by atoms with Crippen LogP contribution in [0.2, 0.25) is 0 Å². The molecule has 9 aromatic rings. The number of nitrogens with zero attached hydrogens (tertiary/aromatic N) is 4. The minimum atomic E-state index is -0.757. The average molecular weight is 783 g/mol. The molecule has 61 heavy (non-hydrogen) atoms. The lowest BCUT2D eigenvalue weighted by atomic mass is 9.61. The fourth-order valence-electron chi connectivity index (χ4n) is 9.98. The standard InChI is InChI=1S/C56H38N4O/c1-55(2)45-19-9-7-17-42(45)43-32-49-51(33-48(43)55)61-50-21-11-10-20-46(50)56(49)44-18-8-6-13-36(44)24-25-37-26-29-40(31-47(37)56)54-59-52(38-14-4-3-5-15-38)58-53(60-54)39-27-22-35(23-28-39)41-16-12-30-57-34-41/h3-34H,1-2H3. The predicted octanol–water partition coefficient (Wildman–Crippen LogP) is 13.2. The SMILES string of the molecule is CC1(C)c2ccccc2-c2cc3c(cc21)Oc1ccccc1C31c2ccccc2C=Cc2ccc(-c3nc(-c4ccccc4)nc(-c4ccc(-c5cccnc5)cc4)n3)cc21. The number of pyridine rings is 1. The number of aromatic nitrogens is 4. The van der Waals surface area contributed by atoms with E-state index in [0.717, 1.165) is 67.1 Å². The summed E-state index contributed by atoms with van der Waals surface area (Å²) in [5.41, 5.74) is 15.9. The van der Waals surface area contributed by atoms with Crippen molar-refractivity contribution in [3.63, 3.8) is 0 Å². The van der Waals surface area contributed by atoms with Crippen molar-refractivity contribution in [1.29, 1.82) is 0 Å². The Morgan fingerprint density at radius 1 is 0.393 bits per heavy atom. The van der Waals surface area contributed by atoms with Crippen LogP contribution < -0.4 is 4.74 Å². The van der Waals surface area contributed by atoms with Crippen molar-refractivity contribution in [2.45, 2.75) is 24.7 Å². The Morgan fingerprint density at radius 2 is 1.00 bits per heavy atom. The van der Waals surface area contributed by atoms with Gasteiger partial charge in [0.2, 0.25) is 0 Å². The zero-order valence-electron chi connectivity index (χ0n) is 33.7. The van der Waals surface area contributed by atoms with Crippen molar-refractivity contribution in [2.75, 3.05) is 0 Å². The third-order valence-electron chi connectivity index (χ3n) is 12.9. The average Bonchev–Trinajstić information content (AvgIpc) is 3.44. The third kappa shape index (κ3) is 5.33. The summed E-state index contributed by atoms with van der Waals surface area (Å²) in [4.78, 5) is 19.9. The van der Waals surface area contributed by atoms with Crippen molar-refractivity contribution >= 4 is 12.2 Å². The molecule has 5 nitrogen and oxygen atoms in total. The molecule has 2 aliphatic carbocycles. The van der Waals surface area contributed by atoms with Gasteiger partial charge in [0, 0.05) is 45.6 Å². The van der Waals surface area contributed by atoms with Crippen LogP contribution in [0.1, 0.15) is 58.4 Å². The molecule has 0 N–H and O–H groups in total. The summed E-state index contributed by atoms with van der Waals surface area (Å²) < 4.78 is 7.02. The summed E-state index contributed by atoms with van der Waals surface area (Å²) in [6.07, 6.45) is 8.19. The molecule has 7 aromatic carbocycles. The van der Waals surface area contributed by atoms with Crippen LogP contribution in [0.5, 0.6) is 11.5 Å². The van der Waals surface area contributed by atoms with E-state index in [2.05, 4.69) is 177 Å². The van der Waals surface area contributed by atoms with E-state index in [4.69, 9.17) is 19.7 Å². The first-order valence-corrected chi connectivity index (χ1v) is 20.8. The Bertz CT molecular complexity index is 3250. The van der Waals surface area contributed by atoms with Crippen molar-refractivity contribution in [1.82, 2.24) is 19.9 Å². The van der Waals surface area contributed by atoms with Gasteiger partial charge in [-0.15, -0.1) is 0 Å². The molecule has 1 atom stereocenters. The van der Waals surface area contributed by atoms with Crippen molar-refractivity contribution in [3.05, 3.63) is 227 Å². The van der Waals surface area contributed by atoms with Crippen LogP contribution in [0.15, 0.2) is 182 Å². The lowest BCUT2D eigenvalue weighted by molar-refractivity contribution is 0.433. The van der Waals surface area contributed by atoms with E-state index in [0.29, 0.717) is 17.5 Å². The van der Waals surface area contributed by atoms with Gasteiger partial charge in [0.15, 0.2) is 17.5 Å². The first-order valence-electron chi connectivity index (χ1n) is 20.8. The Labute approximate surface area is 354 Å². The molecule has 2 aromatic heterocycles. The van der Waals surface area contributed by atoms with Gasteiger partial charge in [0.25, 0.3) is 0 Å². The van der Waals surface area contributed by atoms with Crippen LogP contribution >= 0.6 is 0 Å². The summed E-state index contributed by atoms with van der Waals surface area (Å²) in [5, 5.41) is 0.